The Bertz CT molecular complexity index is 706. The largest absolute Gasteiger partial charge is 0.481 e. The Balaban J connectivity index is 2.28. The quantitative estimate of drug-likeness (QED) is 0.681. The summed E-state index contributed by atoms with van der Waals surface area (Å²) >= 11 is 6.10. The van der Waals surface area contributed by atoms with Gasteiger partial charge in [-0.05, 0) is 19.9 Å². The highest BCUT2D eigenvalue weighted by Gasteiger charge is 2.46. The van der Waals surface area contributed by atoms with Crippen LogP contribution >= 0.6 is 11.6 Å². The standard InChI is InChI=1S/C15H15ClO8/c1-14(5-9(17)18)4-7(12(21)23-14)3-8-11(16)15(2,6-10(19)20)24-13(8)22/h4H,3,5-6H2,1-2H3,(H,17,18)(H,19,20). The molecule has 2 rings (SSSR count). The van der Waals surface area contributed by atoms with Crippen LogP contribution in [0.1, 0.15) is 33.1 Å². The zero-order chi connectivity index (χ0) is 18.3. The van der Waals surface area contributed by atoms with Crippen LogP contribution in [0.25, 0.3) is 0 Å². The van der Waals surface area contributed by atoms with Crippen molar-refractivity contribution in [3.05, 3.63) is 22.3 Å². The molecule has 0 spiro atoms. The summed E-state index contributed by atoms with van der Waals surface area (Å²) in [5.41, 5.74) is -2.77. The molecular weight excluding hydrogens is 344 g/mol. The molecule has 2 heterocycles. The number of carboxylic acids is 2. The van der Waals surface area contributed by atoms with Gasteiger partial charge in [-0.15, -0.1) is 0 Å². The molecule has 2 aliphatic rings. The number of hydrogen-bond acceptors (Lipinski definition) is 6. The molecule has 0 aromatic rings. The van der Waals surface area contributed by atoms with Crippen molar-refractivity contribution >= 4 is 35.5 Å². The number of carbonyl (C=O) groups excluding carboxylic acids is 2. The number of carbonyl (C=O) groups is 4. The molecule has 0 aromatic heterocycles. The molecule has 2 N–H and O–H groups in total. The van der Waals surface area contributed by atoms with E-state index in [2.05, 4.69) is 0 Å². The molecule has 0 radical (unpaired) electrons. The maximum absolute atomic E-state index is 12.0. The lowest BCUT2D eigenvalue weighted by Crippen LogP contribution is -2.29. The Morgan fingerprint density at radius 1 is 1.08 bits per heavy atom. The summed E-state index contributed by atoms with van der Waals surface area (Å²) in [6.07, 6.45) is 0.180. The minimum Gasteiger partial charge on any atom is -0.481 e. The van der Waals surface area contributed by atoms with Gasteiger partial charge in [0.1, 0.15) is 5.60 Å². The molecule has 0 saturated carbocycles. The zero-order valence-corrected chi connectivity index (χ0v) is 13.7. The smallest absolute Gasteiger partial charge is 0.336 e. The molecular formula is C15H15ClO8. The number of esters is 2. The van der Waals surface area contributed by atoms with Gasteiger partial charge >= 0.3 is 23.9 Å². The van der Waals surface area contributed by atoms with Crippen molar-refractivity contribution in [3.63, 3.8) is 0 Å². The van der Waals surface area contributed by atoms with Gasteiger partial charge in [0.05, 0.1) is 23.4 Å². The first-order valence-corrected chi connectivity index (χ1v) is 7.35. The summed E-state index contributed by atoms with van der Waals surface area (Å²) in [6, 6.07) is 0. The summed E-state index contributed by atoms with van der Waals surface area (Å²) < 4.78 is 10.1. The highest BCUT2D eigenvalue weighted by molar-refractivity contribution is 6.34. The van der Waals surface area contributed by atoms with Crippen molar-refractivity contribution in [1.29, 1.82) is 0 Å². The van der Waals surface area contributed by atoms with Crippen molar-refractivity contribution in [2.24, 2.45) is 0 Å². The molecule has 24 heavy (non-hydrogen) atoms. The van der Waals surface area contributed by atoms with Gasteiger partial charge in [0, 0.05) is 12.0 Å². The first-order chi connectivity index (χ1) is 11.0. The summed E-state index contributed by atoms with van der Waals surface area (Å²) in [6.45, 7) is 2.80. The van der Waals surface area contributed by atoms with Crippen LogP contribution in [0.3, 0.4) is 0 Å². The second-order valence-corrected chi connectivity index (χ2v) is 6.48. The average Bonchev–Trinajstić information content (AvgIpc) is 2.76. The third kappa shape index (κ3) is 3.43. The number of aliphatic carboxylic acids is 2. The van der Waals surface area contributed by atoms with Crippen molar-refractivity contribution < 1.29 is 38.9 Å². The summed E-state index contributed by atoms with van der Waals surface area (Å²) in [4.78, 5) is 45.6. The number of carboxylic acid groups (broad SMARTS) is 2. The van der Waals surface area contributed by atoms with E-state index in [4.69, 9.17) is 31.3 Å². The molecule has 130 valence electrons. The Kier molecular flexibility index (Phi) is 4.45. The first kappa shape index (κ1) is 18.0. The summed E-state index contributed by atoms with van der Waals surface area (Å²) in [7, 11) is 0. The highest BCUT2D eigenvalue weighted by Crippen LogP contribution is 2.41. The van der Waals surface area contributed by atoms with Crippen molar-refractivity contribution in [3.8, 4) is 0 Å². The van der Waals surface area contributed by atoms with E-state index in [1.165, 1.54) is 19.9 Å². The topological polar surface area (TPSA) is 127 Å². The van der Waals surface area contributed by atoms with Crippen molar-refractivity contribution in [1.82, 2.24) is 0 Å². The molecule has 0 bridgehead atoms. The van der Waals surface area contributed by atoms with Gasteiger partial charge in [0.15, 0.2) is 5.60 Å². The van der Waals surface area contributed by atoms with E-state index in [0.717, 1.165) is 0 Å². The van der Waals surface area contributed by atoms with E-state index >= 15 is 0 Å². The van der Waals surface area contributed by atoms with Gasteiger partial charge in [0.25, 0.3) is 0 Å². The van der Waals surface area contributed by atoms with E-state index in [0.29, 0.717) is 0 Å². The molecule has 2 unspecified atom stereocenters. The molecule has 0 fully saturated rings. The Morgan fingerprint density at radius 3 is 2.21 bits per heavy atom. The van der Waals surface area contributed by atoms with Crippen LogP contribution < -0.4 is 0 Å². The predicted molar refractivity (Wildman–Crippen MR) is 79.1 cm³/mol. The fraction of sp³-hybridized carbons (Fsp3) is 0.467. The lowest BCUT2D eigenvalue weighted by Gasteiger charge is -2.20. The van der Waals surface area contributed by atoms with Crippen LogP contribution in [0, 0.1) is 0 Å². The minimum absolute atomic E-state index is 0.0387. The fourth-order valence-corrected chi connectivity index (χ4v) is 2.96. The molecule has 9 heteroatoms. The maximum Gasteiger partial charge on any atom is 0.336 e. The Morgan fingerprint density at radius 2 is 1.67 bits per heavy atom. The molecule has 0 amide bonds. The van der Waals surface area contributed by atoms with Gasteiger partial charge in [0.2, 0.25) is 0 Å². The summed E-state index contributed by atoms with van der Waals surface area (Å²) in [5.74, 6) is -3.91. The SMILES string of the molecule is CC1(CC(=O)O)C=C(CC2=C(Cl)C(C)(CC(=O)O)OC2=O)C(=O)O1. The summed E-state index contributed by atoms with van der Waals surface area (Å²) in [5, 5.41) is 17.7. The van der Waals surface area contributed by atoms with E-state index < -0.39 is 47.9 Å². The minimum atomic E-state index is -1.49. The number of rotatable bonds is 6. The van der Waals surface area contributed by atoms with E-state index in [9.17, 15) is 19.2 Å². The normalized spacial score (nSPS) is 29.4. The van der Waals surface area contributed by atoms with Gasteiger partial charge in [-0.3, -0.25) is 9.59 Å². The van der Waals surface area contributed by atoms with Crippen LogP contribution in [0.4, 0.5) is 0 Å². The van der Waals surface area contributed by atoms with Crippen molar-refractivity contribution in [2.45, 2.75) is 44.3 Å². The van der Waals surface area contributed by atoms with Crippen LogP contribution in [-0.2, 0) is 28.7 Å². The first-order valence-electron chi connectivity index (χ1n) is 6.97. The Hall–Kier alpha value is -2.35. The third-order valence-corrected chi connectivity index (χ3v) is 4.35. The molecule has 0 aliphatic carbocycles. The number of cyclic esters (lactones) is 2. The lowest BCUT2D eigenvalue weighted by atomic mass is 9.96. The molecule has 0 aromatic carbocycles. The highest BCUT2D eigenvalue weighted by atomic mass is 35.5. The number of halogens is 1. The van der Waals surface area contributed by atoms with E-state index in [1.807, 2.05) is 0 Å². The molecule has 2 atom stereocenters. The van der Waals surface area contributed by atoms with Gasteiger partial charge in [-0.2, -0.15) is 0 Å². The van der Waals surface area contributed by atoms with Crippen molar-refractivity contribution in [2.75, 3.05) is 0 Å². The fourth-order valence-electron chi connectivity index (χ4n) is 2.71. The monoisotopic (exact) mass is 358 g/mol. The number of hydrogen-bond donors (Lipinski definition) is 2. The second kappa shape index (κ2) is 5.94. The predicted octanol–water partition coefficient (Wildman–Crippen LogP) is 1.38. The lowest BCUT2D eigenvalue weighted by molar-refractivity contribution is -0.152. The van der Waals surface area contributed by atoms with E-state index in [1.54, 1.807) is 0 Å². The molecule has 8 nitrogen and oxygen atoms in total. The number of ether oxygens (including phenoxy) is 2. The molecule has 0 saturated heterocycles. The molecule has 2 aliphatic heterocycles. The van der Waals surface area contributed by atoms with E-state index in [-0.39, 0.29) is 22.6 Å². The zero-order valence-electron chi connectivity index (χ0n) is 12.9. The van der Waals surface area contributed by atoms with Crippen LogP contribution in [0.5, 0.6) is 0 Å². The third-order valence-electron chi connectivity index (χ3n) is 3.72. The van der Waals surface area contributed by atoms with Gasteiger partial charge in [-0.25, -0.2) is 9.59 Å². The van der Waals surface area contributed by atoms with Gasteiger partial charge in [-0.1, -0.05) is 11.6 Å². The maximum atomic E-state index is 12.0. The second-order valence-electron chi connectivity index (χ2n) is 6.10. The average molecular weight is 359 g/mol. The van der Waals surface area contributed by atoms with Crippen LogP contribution in [0.15, 0.2) is 22.3 Å². The van der Waals surface area contributed by atoms with Crippen LogP contribution in [0.2, 0.25) is 0 Å². The Labute approximate surface area is 141 Å². The van der Waals surface area contributed by atoms with Gasteiger partial charge < -0.3 is 19.7 Å². The van der Waals surface area contributed by atoms with Crippen LogP contribution in [-0.4, -0.2) is 45.3 Å².